The second-order valence-corrected chi connectivity index (χ2v) is 3.13. The Balaban J connectivity index is 2.28. The first kappa shape index (κ1) is 7.38. The van der Waals surface area contributed by atoms with Crippen LogP contribution < -0.4 is 0 Å². The van der Waals surface area contributed by atoms with E-state index in [0.29, 0.717) is 0 Å². The molecule has 0 spiro atoms. The van der Waals surface area contributed by atoms with Crippen LogP contribution >= 0.6 is 0 Å². The van der Waals surface area contributed by atoms with E-state index in [1.807, 2.05) is 41.2 Å². The number of benzene rings is 1. The molecule has 2 aromatic heterocycles. The van der Waals surface area contributed by atoms with Crippen molar-refractivity contribution in [1.82, 2.24) is 14.2 Å². The minimum absolute atomic E-state index is 0.967. The summed E-state index contributed by atoms with van der Waals surface area (Å²) >= 11 is 0. The molecule has 0 atom stereocenters. The van der Waals surface area contributed by atoms with Crippen LogP contribution in [-0.2, 0) is 0 Å². The Morgan fingerprint density at radius 3 is 2.64 bits per heavy atom. The van der Waals surface area contributed by atoms with Crippen LogP contribution in [0.4, 0.5) is 0 Å². The van der Waals surface area contributed by atoms with Gasteiger partial charge in [0.2, 0.25) is 0 Å². The Morgan fingerprint density at radius 1 is 0.929 bits per heavy atom. The third-order valence-corrected chi connectivity index (χ3v) is 2.27. The second kappa shape index (κ2) is 2.73. The van der Waals surface area contributed by atoms with E-state index in [2.05, 4.69) is 21.8 Å². The molecule has 0 aliphatic rings. The average molecular weight is 183 g/mol. The Morgan fingerprint density at radius 2 is 1.79 bits per heavy atom. The van der Waals surface area contributed by atoms with Crippen molar-refractivity contribution < 1.29 is 0 Å². The van der Waals surface area contributed by atoms with Crippen LogP contribution in [0.25, 0.3) is 11.3 Å². The molecule has 68 valence electrons. The van der Waals surface area contributed by atoms with Gasteiger partial charge in [-0.15, -0.1) is 0 Å². The Hall–Kier alpha value is -2.03. The molecule has 3 aromatic rings. The molecule has 0 amide bonds. The van der Waals surface area contributed by atoms with Gasteiger partial charge in [-0.3, -0.25) is 4.68 Å². The van der Waals surface area contributed by atoms with E-state index in [4.69, 9.17) is 0 Å². The van der Waals surface area contributed by atoms with Crippen molar-refractivity contribution in [2.45, 2.75) is 0 Å². The quantitative estimate of drug-likeness (QED) is 0.566. The summed E-state index contributed by atoms with van der Waals surface area (Å²) in [6, 6.07) is 12.2. The Bertz CT molecular complexity index is 548. The standard InChI is InChI=1S/C11H9N3/c1-2-4-10(5-3-1)13-8-6-11-12-7-9-14(11)13/h1-9H. The predicted molar refractivity (Wildman–Crippen MR) is 54.5 cm³/mol. The van der Waals surface area contributed by atoms with Crippen molar-refractivity contribution in [3.05, 3.63) is 55.0 Å². The van der Waals surface area contributed by atoms with Crippen molar-refractivity contribution in [3.8, 4) is 5.69 Å². The monoisotopic (exact) mass is 183 g/mol. The highest BCUT2D eigenvalue weighted by molar-refractivity contribution is 5.40. The van der Waals surface area contributed by atoms with Gasteiger partial charge in [-0.1, -0.05) is 18.2 Å². The van der Waals surface area contributed by atoms with Crippen LogP contribution in [0.5, 0.6) is 0 Å². The molecule has 0 saturated heterocycles. The van der Waals surface area contributed by atoms with Gasteiger partial charge in [0, 0.05) is 24.7 Å². The molecule has 14 heavy (non-hydrogen) atoms. The van der Waals surface area contributed by atoms with E-state index >= 15 is 0 Å². The summed E-state index contributed by atoms with van der Waals surface area (Å²) in [7, 11) is 0. The smallest absolute Gasteiger partial charge is 0.153 e. The number of fused-ring (bicyclic) bond motifs is 1. The fourth-order valence-electron chi connectivity index (χ4n) is 1.61. The molecule has 3 rings (SSSR count). The number of hydrogen-bond donors (Lipinski definition) is 0. The van der Waals surface area contributed by atoms with Crippen LogP contribution in [-0.4, -0.2) is 14.2 Å². The first-order valence-electron chi connectivity index (χ1n) is 4.51. The summed E-state index contributed by atoms with van der Waals surface area (Å²) in [5.74, 6) is 0. The maximum atomic E-state index is 4.21. The summed E-state index contributed by atoms with van der Waals surface area (Å²) in [5, 5.41) is 0. The molecule has 0 fully saturated rings. The lowest BCUT2D eigenvalue weighted by atomic mass is 10.3. The van der Waals surface area contributed by atoms with Crippen LogP contribution in [0, 0.1) is 0 Å². The molecule has 0 aliphatic heterocycles. The zero-order chi connectivity index (χ0) is 9.38. The van der Waals surface area contributed by atoms with Gasteiger partial charge in [-0.05, 0) is 12.1 Å². The molecule has 3 nitrogen and oxygen atoms in total. The van der Waals surface area contributed by atoms with Crippen LogP contribution in [0.15, 0.2) is 55.0 Å². The van der Waals surface area contributed by atoms with Crippen molar-refractivity contribution in [2.24, 2.45) is 0 Å². The number of rotatable bonds is 1. The van der Waals surface area contributed by atoms with E-state index < -0.39 is 0 Å². The third-order valence-electron chi connectivity index (χ3n) is 2.27. The van der Waals surface area contributed by atoms with Crippen molar-refractivity contribution in [1.29, 1.82) is 0 Å². The lowest BCUT2D eigenvalue weighted by Crippen LogP contribution is -1.99. The average Bonchev–Trinajstić information content (AvgIpc) is 2.79. The number of imidazole rings is 1. The summed E-state index contributed by atoms with van der Waals surface area (Å²) in [6.07, 6.45) is 5.76. The number of nitrogens with zero attached hydrogens (tertiary/aromatic N) is 3. The summed E-state index contributed by atoms with van der Waals surface area (Å²) in [4.78, 5) is 4.21. The summed E-state index contributed by atoms with van der Waals surface area (Å²) < 4.78 is 4.07. The maximum absolute atomic E-state index is 4.21. The van der Waals surface area contributed by atoms with Gasteiger partial charge < -0.3 is 0 Å². The van der Waals surface area contributed by atoms with E-state index in [-0.39, 0.29) is 0 Å². The van der Waals surface area contributed by atoms with Gasteiger partial charge in [0.15, 0.2) is 5.65 Å². The highest BCUT2D eigenvalue weighted by Crippen LogP contribution is 2.09. The van der Waals surface area contributed by atoms with Gasteiger partial charge in [-0.25, -0.2) is 9.50 Å². The van der Waals surface area contributed by atoms with Crippen LogP contribution in [0.2, 0.25) is 0 Å². The third kappa shape index (κ3) is 0.956. The number of para-hydroxylation sites is 1. The highest BCUT2D eigenvalue weighted by atomic mass is 15.4. The molecule has 0 bridgehead atoms. The zero-order valence-corrected chi connectivity index (χ0v) is 7.54. The Labute approximate surface area is 81.2 Å². The second-order valence-electron chi connectivity index (χ2n) is 3.13. The van der Waals surface area contributed by atoms with Gasteiger partial charge in [0.05, 0.1) is 5.69 Å². The van der Waals surface area contributed by atoms with Crippen molar-refractivity contribution in [2.75, 3.05) is 0 Å². The van der Waals surface area contributed by atoms with E-state index in [9.17, 15) is 0 Å². The molecule has 0 saturated carbocycles. The minimum Gasteiger partial charge on any atom is -0.255 e. The molecular weight excluding hydrogens is 174 g/mol. The first-order chi connectivity index (χ1) is 6.95. The number of aromatic nitrogens is 3. The normalized spacial score (nSPS) is 10.9. The molecule has 2 heterocycles. The molecule has 0 aliphatic carbocycles. The van der Waals surface area contributed by atoms with E-state index in [1.165, 1.54) is 0 Å². The molecule has 0 radical (unpaired) electrons. The maximum Gasteiger partial charge on any atom is 0.153 e. The van der Waals surface area contributed by atoms with Gasteiger partial charge in [0.25, 0.3) is 0 Å². The fraction of sp³-hybridized carbons (Fsp3) is 0. The SMILES string of the molecule is c1ccc(-n2ccc3nccn32)cc1. The molecule has 0 unspecified atom stereocenters. The number of hydrogen-bond acceptors (Lipinski definition) is 1. The van der Waals surface area contributed by atoms with Gasteiger partial charge in [0.1, 0.15) is 0 Å². The zero-order valence-electron chi connectivity index (χ0n) is 7.54. The molecule has 0 N–H and O–H groups in total. The molecular formula is C11H9N3. The topological polar surface area (TPSA) is 22.2 Å². The van der Waals surface area contributed by atoms with Gasteiger partial charge in [-0.2, -0.15) is 0 Å². The van der Waals surface area contributed by atoms with Crippen LogP contribution in [0.1, 0.15) is 0 Å². The largest absolute Gasteiger partial charge is 0.255 e. The highest BCUT2D eigenvalue weighted by Gasteiger charge is 2.00. The lowest BCUT2D eigenvalue weighted by Gasteiger charge is -2.03. The Kier molecular flexibility index (Phi) is 1.44. The summed E-state index contributed by atoms with van der Waals surface area (Å²) in [5.41, 5.74) is 2.11. The van der Waals surface area contributed by atoms with Crippen molar-refractivity contribution in [3.63, 3.8) is 0 Å². The van der Waals surface area contributed by atoms with Gasteiger partial charge >= 0.3 is 0 Å². The van der Waals surface area contributed by atoms with E-state index in [0.717, 1.165) is 11.3 Å². The summed E-state index contributed by atoms with van der Waals surface area (Å²) in [6.45, 7) is 0. The van der Waals surface area contributed by atoms with E-state index in [1.54, 1.807) is 6.20 Å². The predicted octanol–water partition coefficient (Wildman–Crippen LogP) is 2.12. The molecule has 3 heteroatoms. The molecule has 1 aromatic carbocycles. The van der Waals surface area contributed by atoms with Crippen molar-refractivity contribution >= 4 is 5.65 Å². The lowest BCUT2D eigenvalue weighted by molar-refractivity contribution is 0.805. The fourth-order valence-corrected chi connectivity index (χ4v) is 1.61. The van der Waals surface area contributed by atoms with Crippen LogP contribution in [0.3, 0.4) is 0 Å². The first-order valence-corrected chi connectivity index (χ1v) is 4.51. The minimum atomic E-state index is 0.967.